The minimum absolute atomic E-state index is 0.0489. The zero-order valence-corrected chi connectivity index (χ0v) is 10.1. The minimum Gasteiger partial charge on any atom is -0.465 e. The Labute approximate surface area is 92.4 Å². The Kier molecular flexibility index (Phi) is 4.14. The van der Waals surface area contributed by atoms with Gasteiger partial charge in [0.05, 0.1) is 12.5 Å². The molecule has 3 heteroatoms. The van der Waals surface area contributed by atoms with Crippen molar-refractivity contribution in [3.05, 3.63) is 0 Å². The van der Waals surface area contributed by atoms with Crippen LogP contribution in [0.5, 0.6) is 0 Å². The van der Waals surface area contributed by atoms with Gasteiger partial charge >= 0.3 is 5.97 Å². The van der Waals surface area contributed by atoms with E-state index in [1.807, 2.05) is 0 Å². The Hall–Kier alpha value is -0.570. The van der Waals surface area contributed by atoms with Gasteiger partial charge in [0.1, 0.15) is 0 Å². The zero-order valence-electron chi connectivity index (χ0n) is 10.1. The molecule has 88 valence electrons. The van der Waals surface area contributed by atoms with Crippen LogP contribution >= 0.6 is 0 Å². The van der Waals surface area contributed by atoms with Gasteiger partial charge in [-0.2, -0.15) is 0 Å². The molecule has 2 unspecified atom stereocenters. The number of ether oxygens (including phenoxy) is 1. The van der Waals surface area contributed by atoms with Crippen molar-refractivity contribution in [1.82, 2.24) is 0 Å². The number of esters is 1. The SMILES string of the molecule is CC(C)(C)CCOC(=O)C1CCC(N)C1. The molecule has 15 heavy (non-hydrogen) atoms. The molecule has 0 aliphatic heterocycles. The summed E-state index contributed by atoms with van der Waals surface area (Å²) in [6.07, 6.45) is 3.57. The number of carbonyl (C=O) groups is 1. The van der Waals surface area contributed by atoms with E-state index >= 15 is 0 Å². The van der Waals surface area contributed by atoms with E-state index in [4.69, 9.17) is 10.5 Å². The molecule has 0 bridgehead atoms. The van der Waals surface area contributed by atoms with Gasteiger partial charge < -0.3 is 10.5 Å². The molecular weight excluding hydrogens is 190 g/mol. The van der Waals surface area contributed by atoms with Crippen LogP contribution in [0.15, 0.2) is 0 Å². The fraction of sp³-hybridized carbons (Fsp3) is 0.917. The molecular formula is C12H23NO2. The van der Waals surface area contributed by atoms with Gasteiger partial charge in [-0.3, -0.25) is 4.79 Å². The number of hydrogen-bond donors (Lipinski definition) is 1. The summed E-state index contributed by atoms with van der Waals surface area (Å²) in [6, 6.07) is 0.199. The van der Waals surface area contributed by atoms with Gasteiger partial charge in [-0.25, -0.2) is 0 Å². The van der Waals surface area contributed by atoms with E-state index in [2.05, 4.69) is 20.8 Å². The van der Waals surface area contributed by atoms with Crippen molar-refractivity contribution in [2.75, 3.05) is 6.61 Å². The van der Waals surface area contributed by atoms with E-state index in [-0.39, 0.29) is 23.3 Å². The number of hydrogen-bond acceptors (Lipinski definition) is 3. The molecule has 1 fully saturated rings. The predicted octanol–water partition coefficient (Wildman–Crippen LogP) is 2.09. The molecule has 0 amide bonds. The van der Waals surface area contributed by atoms with Crippen LogP contribution in [-0.4, -0.2) is 18.6 Å². The Morgan fingerprint density at radius 3 is 2.53 bits per heavy atom. The molecule has 1 saturated carbocycles. The number of carbonyl (C=O) groups excluding carboxylic acids is 1. The van der Waals surface area contributed by atoms with Gasteiger partial charge in [0.15, 0.2) is 0 Å². The first-order chi connectivity index (χ1) is 6.88. The fourth-order valence-corrected chi connectivity index (χ4v) is 1.81. The first kappa shape index (κ1) is 12.5. The number of rotatable bonds is 3. The zero-order chi connectivity index (χ0) is 11.5. The van der Waals surface area contributed by atoms with Gasteiger partial charge in [0, 0.05) is 6.04 Å². The third-order valence-electron chi connectivity index (χ3n) is 2.90. The van der Waals surface area contributed by atoms with Crippen molar-refractivity contribution in [2.24, 2.45) is 17.1 Å². The molecule has 0 spiro atoms. The Morgan fingerprint density at radius 1 is 1.40 bits per heavy atom. The molecule has 1 aliphatic rings. The van der Waals surface area contributed by atoms with Crippen molar-refractivity contribution >= 4 is 5.97 Å². The quantitative estimate of drug-likeness (QED) is 0.730. The van der Waals surface area contributed by atoms with Crippen LogP contribution in [0, 0.1) is 11.3 Å². The van der Waals surface area contributed by atoms with Gasteiger partial charge in [0.2, 0.25) is 0 Å². The summed E-state index contributed by atoms with van der Waals surface area (Å²) in [4.78, 5) is 11.6. The Bertz CT molecular complexity index is 220. The highest BCUT2D eigenvalue weighted by Gasteiger charge is 2.29. The smallest absolute Gasteiger partial charge is 0.308 e. The molecule has 3 nitrogen and oxygen atoms in total. The van der Waals surface area contributed by atoms with Crippen molar-refractivity contribution in [3.63, 3.8) is 0 Å². The van der Waals surface area contributed by atoms with Crippen LogP contribution in [-0.2, 0) is 9.53 Å². The van der Waals surface area contributed by atoms with Crippen LogP contribution in [0.3, 0.4) is 0 Å². The van der Waals surface area contributed by atoms with E-state index in [0.29, 0.717) is 6.61 Å². The van der Waals surface area contributed by atoms with Crippen LogP contribution in [0.2, 0.25) is 0 Å². The molecule has 0 radical (unpaired) electrons. The second-order valence-corrected chi connectivity index (χ2v) is 5.75. The Morgan fingerprint density at radius 2 is 2.07 bits per heavy atom. The van der Waals surface area contributed by atoms with E-state index in [1.54, 1.807) is 0 Å². The first-order valence-electron chi connectivity index (χ1n) is 5.81. The molecule has 0 aromatic carbocycles. The molecule has 1 rings (SSSR count). The molecule has 0 aromatic heterocycles. The normalized spacial score (nSPS) is 26.7. The minimum atomic E-state index is -0.0489. The topological polar surface area (TPSA) is 52.3 Å². The maximum absolute atomic E-state index is 11.6. The molecule has 0 saturated heterocycles. The second-order valence-electron chi connectivity index (χ2n) is 5.75. The lowest BCUT2D eigenvalue weighted by molar-refractivity contribution is -0.148. The standard InChI is InChI=1S/C12H23NO2/c1-12(2,3)6-7-15-11(14)9-4-5-10(13)8-9/h9-10H,4-8,13H2,1-3H3. The van der Waals surface area contributed by atoms with Gasteiger partial charge in [-0.1, -0.05) is 20.8 Å². The fourth-order valence-electron chi connectivity index (χ4n) is 1.81. The summed E-state index contributed by atoms with van der Waals surface area (Å²) in [5.74, 6) is 0.00664. The maximum atomic E-state index is 11.6. The molecule has 0 heterocycles. The second kappa shape index (κ2) is 4.97. The van der Waals surface area contributed by atoms with Crippen LogP contribution in [0.4, 0.5) is 0 Å². The van der Waals surface area contributed by atoms with E-state index in [9.17, 15) is 4.79 Å². The average molecular weight is 213 g/mol. The first-order valence-corrected chi connectivity index (χ1v) is 5.81. The monoisotopic (exact) mass is 213 g/mol. The molecule has 2 N–H and O–H groups in total. The largest absolute Gasteiger partial charge is 0.465 e. The van der Waals surface area contributed by atoms with Crippen LogP contribution < -0.4 is 5.73 Å². The van der Waals surface area contributed by atoms with Gasteiger partial charge in [0.25, 0.3) is 0 Å². The van der Waals surface area contributed by atoms with Crippen molar-refractivity contribution in [3.8, 4) is 0 Å². The summed E-state index contributed by atoms with van der Waals surface area (Å²) < 4.78 is 5.26. The highest BCUT2D eigenvalue weighted by atomic mass is 16.5. The summed E-state index contributed by atoms with van der Waals surface area (Å²) in [5, 5.41) is 0. The lowest BCUT2D eigenvalue weighted by Gasteiger charge is -2.18. The molecule has 0 aromatic rings. The molecule has 2 atom stereocenters. The summed E-state index contributed by atoms with van der Waals surface area (Å²) in [6.45, 7) is 6.97. The maximum Gasteiger partial charge on any atom is 0.308 e. The third kappa shape index (κ3) is 4.65. The van der Waals surface area contributed by atoms with Crippen molar-refractivity contribution < 1.29 is 9.53 Å². The van der Waals surface area contributed by atoms with Crippen LogP contribution in [0.25, 0.3) is 0 Å². The highest BCUT2D eigenvalue weighted by molar-refractivity contribution is 5.72. The highest BCUT2D eigenvalue weighted by Crippen LogP contribution is 2.25. The third-order valence-corrected chi connectivity index (χ3v) is 2.90. The summed E-state index contributed by atoms with van der Waals surface area (Å²) in [5.41, 5.74) is 5.98. The van der Waals surface area contributed by atoms with E-state index in [1.165, 1.54) is 0 Å². The predicted molar refractivity (Wildman–Crippen MR) is 60.3 cm³/mol. The summed E-state index contributed by atoms with van der Waals surface area (Å²) >= 11 is 0. The van der Waals surface area contributed by atoms with Gasteiger partial charge in [-0.15, -0.1) is 0 Å². The molecule has 1 aliphatic carbocycles. The summed E-state index contributed by atoms with van der Waals surface area (Å²) in [7, 11) is 0. The van der Waals surface area contributed by atoms with Crippen LogP contribution in [0.1, 0.15) is 46.5 Å². The van der Waals surface area contributed by atoms with Gasteiger partial charge in [-0.05, 0) is 31.1 Å². The van der Waals surface area contributed by atoms with E-state index < -0.39 is 0 Å². The lowest BCUT2D eigenvalue weighted by Crippen LogP contribution is -2.21. The van der Waals surface area contributed by atoms with Crippen molar-refractivity contribution in [1.29, 1.82) is 0 Å². The lowest BCUT2D eigenvalue weighted by atomic mass is 9.93. The number of nitrogens with two attached hydrogens (primary N) is 1. The Balaban J connectivity index is 2.19. The van der Waals surface area contributed by atoms with Crippen molar-refractivity contribution in [2.45, 2.75) is 52.5 Å². The average Bonchev–Trinajstić information content (AvgIpc) is 2.49. The van der Waals surface area contributed by atoms with E-state index in [0.717, 1.165) is 25.7 Å².